The number of halogens is 1. The number of carbonyl (C=O) groups excluding carboxylic acids is 1. The molecule has 0 radical (unpaired) electrons. The van der Waals surface area contributed by atoms with Crippen LogP contribution in [0.3, 0.4) is 0 Å². The minimum atomic E-state index is -3.76. The topological polar surface area (TPSA) is 79.4 Å². The first-order valence-electron chi connectivity index (χ1n) is 9.25. The highest BCUT2D eigenvalue weighted by molar-refractivity contribution is 7.89. The standard InChI is InChI=1S/C20H22FN3O3S/c1-14-2-3-16(10-18(14)21)28(26,27)24-9-6-20(13-24)11-17(20)19(25)23-12-15-4-7-22-8-5-15/h2-5,7-8,10,17H,6,9,11-13H2,1H3,(H,23,25)/t17-,20+/m1/s1. The van der Waals surface area contributed by atoms with Crippen molar-refractivity contribution in [1.29, 1.82) is 0 Å². The van der Waals surface area contributed by atoms with Crippen LogP contribution >= 0.6 is 0 Å². The summed E-state index contributed by atoms with van der Waals surface area (Å²) in [7, 11) is -3.76. The van der Waals surface area contributed by atoms with Crippen LogP contribution in [0.25, 0.3) is 0 Å². The maximum atomic E-state index is 13.8. The van der Waals surface area contributed by atoms with E-state index < -0.39 is 15.8 Å². The molecule has 1 aliphatic carbocycles. The van der Waals surface area contributed by atoms with Crippen LogP contribution in [0.15, 0.2) is 47.6 Å². The summed E-state index contributed by atoms with van der Waals surface area (Å²) < 4.78 is 40.9. The number of nitrogens with zero attached hydrogens (tertiary/aromatic N) is 2. The van der Waals surface area contributed by atoms with Crippen molar-refractivity contribution in [3.05, 3.63) is 59.7 Å². The van der Waals surface area contributed by atoms with Crippen molar-refractivity contribution in [2.75, 3.05) is 13.1 Å². The highest BCUT2D eigenvalue weighted by atomic mass is 32.2. The van der Waals surface area contributed by atoms with Crippen LogP contribution in [0.4, 0.5) is 4.39 Å². The molecule has 1 N–H and O–H groups in total. The van der Waals surface area contributed by atoms with E-state index in [0.29, 0.717) is 38.0 Å². The number of hydrogen-bond acceptors (Lipinski definition) is 4. The van der Waals surface area contributed by atoms with E-state index in [1.54, 1.807) is 19.3 Å². The third-order valence-corrected chi connectivity index (χ3v) is 7.69. The lowest BCUT2D eigenvalue weighted by atomic mass is 10.0. The summed E-state index contributed by atoms with van der Waals surface area (Å²) in [6.07, 6.45) is 4.68. The zero-order valence-corrected chi connectivity index (χ0v) is 16.4. The maximum absolute atomic E-state index is 13.8. The van der Waals surface area contributed by atoms with E-state index in [4.69, 9.17) is 0 Å². The van der Waals surface area contributed by atoms with Gasteiger partial charge in [0, 0.05) is 37.9 Å². The SMILES string of the molecule is Cc1ccc(S(=O)(=O)N2CC[C@]3(C[C@@H]3C(=O)NCc3ccncc3)C2)cc1F. The number of sulfonamides is 1. The predicted octanol–water partition coefficient (Wildman–Crippen LogP) is 2.25. The molecule has 1 saturated carbocycles. The second kappa shape index (κ2) is 6.93. The largest absolute Gasteiger partial charge is 0.352 e. The molecule has 1 amide bonds. The van der Waals surface area contributed by atoms with Crippen LogP contribution in [0.5, 0.6) is 0 Å². The Labute approximate surface area is 163 Å². The van der Waals surface area contributed by atoms with Gasteiger partial charge in [0.25, 0.3) is 0 Å². The predicted molar refractivity (Wildman–Crippen MR) is 101 cm³/mol. The van der Waals surface area contributed by atoms with E-state index >= 15 is 0 Å². The van der Waals surface area contributed by atoms with Gasteiger partial charge in [-0.3, -0.25) is 9.78 Å². The summed E-state index contributed by atoms with van der Waals surface area (Å²) >= 11 is 0. The van der Waals surface area contributed by atoms with Crippen molar-refractivity contribution in [1.82, 2.24) is 14.6 Å². The molecule has 8 heteroatoms. The lowest BCUT2D eigenvalue weighted by Crippen LogP contribution is -2.31. The third kappa shape index (κ3) is 3.42. The molecule has 6 nitrogen and oxygen atoms in total. The van der Waals surface area contributed by atoms with Crippen molar-refractivity contribution < 1.29 is 17.6 Å². The molecule has 2 aliphatic rings. The fourth-order valence-electron chi connectivity index (χ4n) is 3.93. The smallest absolute Gasteiger partial charge is 0.243 e. The van der Waals surface area contributed by atoms with Crippen LogP contribution in [0.1, 0.15) is 24.0 Å². The number of aryl methyl sites for hydroxylation is 1. The normalized spacial score (nSPS) is 24.4. The molecule has 0 bridgehead atoms. The first-order chi connectivity index (χ1) is 13.3. The molecule has 4 rings (SSSR count). The van der Waals surface area contributed by atoms with Crippen molar-refractivity contribution >= 4 is 15.9 Å². The Morgan fingerprint density at radius 2 is 2.07 bits per heavy atom. The highest BCUT2D eigenvalue weighted by Gasteiger charge is 2.62. The molecule has 0 unspecified atom stereocenters. The Morgan fingerprint density at radius 3 is 2.79 bits per heavy atom. The van der Waals surface area contributed by atoms with E-state index in [0.717, 1.165) is 11.6 Å². The van der Waals surface area contributed by atoms with E-state index in [1.165, 1.54) is 16.4 Å². The molecule has 2 atom stereocenters. The van der Waals surface area contributed by atoms with Crippen molar-refractivity contribution in [2.45, 2.75) is 31.2 Å². The Hall–Kier alpha value is -2.32. The van der Waals surface area contributed by atoms with Gasteiger partial charge in [0.2, 0.25) is 15.9 Å². The molecule has 1 aliphatic heterocycles. The average molecular weight is 403 g/mol. The number of nitrogens with one attached hydrogen (secondary N) is 1. The second-order valence-electron chi connectivity index (χ2n) is 7.69. The quantitative estimate of drug-likeness (QED) is 0.831. The number of rotatable bonds is 5. The number of carbonyl (C=O) groups is 1. The van der Waals surface area contributed by atoms with Crippen LogP contribution in [-0.4, -0.2) is 36.7 Å². The number of benzene rings is 1. The lowest BCUT2D eigenvalue weighted by molar-refractivity contribution is -0.123. The van der Waals surface area contributed by atoms with Gasteiger partial charge in [-0.1, -0.05) is 6.07 Å². The van der Waals surface area contributed by atoms with Crippen LogP contribution in [0, 0.1) is 24.1 Å². The van der Waals surface area contributed by atoms with Gasteiger partial charge in [0.15, 0.2) is 0 Å². The van der Waals surface area contributed by atoms with Gasteiger partial charge >= 0.3 is 0 Å². The summed E-state index contributed by atoms with van der Waals surface area (Å²) in [5.74, 6) is -0.753. The van der Waals surface area contributed by atoms with Crippen LogP contribution in [-0.2, 0) is 21.4 Å². The summed E-state index contributed by atoms with van der Waals surface area (Å²) in [5, 5.41) is 2.93. The molecule has 2 heterocycles. The van der Waals surface area contributed by atoms with Gasteiger partial charge in [0.05, 0.1) is 4.90 Å². The summed E-state index contributed by atoms with van der Waals surface area (Å²) in [4.78, 5) is 16.4. The van der Waals surface area contributed by atoms with E-state index in [2.05, 4.69) is 10.3 Å². The minimum Gasteiger partial charge on any atom is -0.352 e. The fourth-order valence-corrected chi connectivity index (χ4v) is 5.48. The monoisotopic (exact) mass is 403 g/mol. The molecule has 2 aromatic rings. The summed E-state index contributed by atoms with van der Waals surface area (Å²) in [6, 6.07) is 7.66. The van der Waals surface area contributed by atoms with E-state index in [1.807, 2.05) is 12.1 Å². The zero-order chi connectivity index (χ0) is 19.9. The van der Waals surface area contributed by atoms with Gasteiger partial charge in [-0.15, -0.1) is 0 Å². The number of pyridine rings is 1. The fraction of sp³-hybridized carbons (Fsp3) is 0.400. The molecule has 1 saturated heterocycles. The first-order valence-corrected chi connectivity index (χ1v) is 10.7. The number of hydrogen-bond donors (Lipinski definition) is 1. The van der Waals surface area contributed by atoms with Gasteiger partial charge in [0.1, 0.15) is 5.82 Å². The Balaban J connectivity index is 1.40. The minimum absolute atomic E-state index is 0.0352. The van der Waals surface area contributed by atoms with Crippen LogP contribution in [0.2, 0.25) is 0 Å². The summed E-state index contributed by atoms with van der Waals surface area (Å²) in [5.41, 5.74) is 1.08. The number of aromatic nitrogens is 1. The Morgan fingerprint density at radius 1 is 1.32 bits per heavy atom. The molecule has 1 spiro atoms. The Kier molecular flexibility index (Phi) is 4.71. The van der Waals surface area contributed by atoms with Crippen molar-refractivity contribution in [3.63, 3.8) is 0 Å². The second-order valence-corrected chi connectivity index (χ2v) is 9.63. The maximum Gasteiger partial charge on any atom is 0.243 e. The molecule has 28 heavy (non-hydrogen) atoms. The summed E-state index contributed by atoms with van der Waals surface area (Å²) in [6.45, 7) is 2.68. The first kappa shape index (κ1) is 19.0. The third-order valence-electron chi connectivity index (χ3n) is 5.85. The highest BCUT2D eigenvalue weighted by Crippen LogP contribution is 2.59. The van der Waals surface area contributed by atoms with Gasteiger partial charge in [-0.05, 0) is 60.6 Å². The Bertz CT molecular complexity index is 1010. The molecular weight excluding hydrogens is 381 g/mol. The average Bonchev–Trinajstić information content (AvgIpc) is 3.21. The van der Waals surface area contributed by atoms with Crippen molar-refractivity contribution in [3.8, 4) is 0 Å². The molecule has 2 fully saturated rings. The lowest BCUT2D eigenvalue weighted by Gasteiger charge is -2.17. The van der Waals surface area contributed by atoms with Gasteiger partial charge in [-0.25, -0.2) is 12.8 Å². The van der Waals surface area contributed by atoms with Crippen molar-refractivity contribution in [2.24, 2.45) is 11.3 Å². The van der Waals surface area contributed by atoms with Gasteiger partial charge in [-0.2, -0.15) is 4.31 Å². The van der Waals surface area contributed by atoms with E-state index in [9.17, 15) is 17.6 Å². The number of amides is 1. The van der Waals surface area contributed by atoms with Gasteiger partial charge < -0.3 is 5.32 Å². The van der Waals surface area contributed by atoms with E-state index in [-0.39, 0.29) is 22.1 Å². The molecule has 148 valence electrons. The molecular formula is C20H22FN3O3S. The zero-order valence-electron chi connectivity index (χ0n) is 15.6. The molecule has 1 aromatic heterocycles. The molecule has 1 aromatic carbocycles. The van der Waals surface area contributed by atoms with Crippen LogP contribution < -0.4 is 5.32 Å².